The molecule has 0 spiro atoms. The Kier molecular flexibility index (Phi) is 21.9. The number of hydrogen-bond acceptors (Lipinski definition) is 0. The monoisotopic (exact) mass is 1910 g/mol. The van der Waals surface area contributed by atoms with E-state index in [-0.39, 0.29) is 0 Å². The van der Waals surface area contributed by atoms with Crippen LogP contribution in [0.15, 0.2) is 582 Å². The highest BCUT2D eigenvalue weighted by Gasteiger charge is 2.24. The van der Waals surface area contributed by atoms with Gasteiger partial charge in [-0.2, -0.15) is 0 Å². The van der Waals surface area contributed by atoms with Gasteiger partial charge in [-0.25, -0.2) is 0 Å². The molecule has 0 aliphatic rings. The molecule has 702 valence electrons. The van der Waals surface area contributed by atoms with Crippen LogP contribution in [0.25, 0.3) is 265 Å². The average Bonchev–Trinajstić information content (AvgIpc) is 1.59. The summed E-state index contributed by atoms with van der Waals surface area (Å²) in [4.78, 5) is 0. The molecule has 6 nitrogen and oxygen atoms in total. The number of fused-ring (bicyclic) bond motifs is 18. The minimum Gasteiger partial charge on any atom is -0.309 e. The summed E-state index contributed by atoms with van der Waals surface area (Å²) in [7, 11) is 0. The van der Waals surface area contributed by atoms with Crippen molar-refractivity contribution in [1.82, 2.24) is 27.4 Å². The summed E-state index contributed by atoms with van der Waals surface area (Å²) < 4.78 is 14.4. The second-order valence-electron chi connectivity index (χ2n) is 39.0. The first-order valence-electron chi connectivity index (χ1n) is 51.6. The van der Waals surface area contributed by atoms with Crippen molar-refractivity contribution in [2.24, 2.45) is 0 Å². The average molecular weight is 1910 g/mol. The second kappa shape index (κ2) is 37.4. The largest absolute Gasteiger partial charge is 0.309 e. The zero-order chi connectivity index (χ0) is 99.1. The molecule has 0 radical (unpaired) electrons. The van der Waals surface area contributed by atoms with E-state index in [0.717, 1.165) is 34.1 Å². The van der Waals surface area contributed by atoms with Crippen molar-refractivity contribution in [2.75, 3.05) is 0 Å². The highest BCUT2D eigenvalue weighted by molar-refractivity contribution is 6.17. The van der Waals surface area contributed by atoms with Crippen LogP contribution in [0.1, 0.15) is 0 Å². The first-order valence-corrected chi connectivity index (χ1v) is 51.6. The third kappa shape index (κ3) is 15.6. The van der Waals surface area contributed by atoms with Crippen molar-refractivity contribution in [3.63, 3.8) is 0 Å². The van der Waals surface area contributed by atoms with Crippen LogP contribution in [0, 0.1) is 0 Å². The molecule has 0 N–H and O–H groups in total. The molecular formula is C144H96N6. The van der Waals surface area contributed by atoms with Gasteiger partial charge in [-0.05, 0) is 282 Å². The number of hydrogen-bond donors (Lipinski definition) is 0. The van der Waals surface area contributed by atoms with Gasteiger partial charge >= 0.3 is 0 Å². The fraction of sp³-hybridized carbons (Fsp3) is 0. The van der Waals surface area contributed by atoms with E-state index in [4.69, 9.17) is 0 Å². The first-order chi connectivity index (χ1) is 74.4. The first kappa shape index (κ1) is 87.8. The van der Waals surface area contributed by atoms with Gasteiger partial charge in [-0.3, -0.25) is 0 Å². The molecule has 150 heavy (non-hydrogen) atoms. The van der Waals surface area contributed by atoms with Crippen LogP contribution in [0.2, 0.25) is 0 Å². The fourth-order valence-electron chi connectivity index (χ4n) is 23.3. The third-order valence-corrected chi connectivity index (χ3v) is 30.4. The predicted molar refractivity (Wildman–Crippen MR) is 634 cm³/mol. The number of aromatic nitrogens is 6. The predicted octanol–water partition coefficient (Wildman–Crippen LogP) is 38.6. The molecule has 0 bridgehead atoms. The number of benzene rings is 24. The molecule has 0 aliphatic carbocycles. The van der Waals surface area contributed by atoms with Crippen LogP contribution in [-0.4, -0.2) is 27.4 Å². The van der Waals surface area contributed by atoms with Crippen LogP contribution in [0.4, 0.5) is 0 Å². The lowest BCUT2D eigenvalue weighted by Crippen LogP contribution is -1.94. The lowest BCUT2D eigenvalue weighted by molar-refractivity contribution is 1.18. The van der Waals surface area contributed by atoms with E-state index in [2.05, 4.69) is 610 Å². The maximum atomic E-state index is 2.40. The van der Waals surface area contributed by atoms with E-state index in [1.165, 1.54) is 231 Å². The lowest BCUT2D eigenvalue weighted by atomic mass is 10.0. The van der Waals surface area contributed by atoms with Gasteiger partial charge in [-0.1, -0.05) is 400 Å². The van der Waals surface area contributed by atoms with Gasteiger partial charge in [-0.15, -0.1) is 0 Å². The zero-order valence-corrected chi connectivity index (χ0v) is 82.1. The van der Waals surface area contributed by atoms with Crippen LogP contribution in [0.5, 0.6) is 0 Å². The normalized spacial score (nSPS) is 11.6. The van der Waals surface area contributed by atoms with Crippen molar-refractivity contribution in [1.29, 1.82) is 0 Å². The molecule has 0 amide bonds. The number of rotatable bonds is 15. The third-order valence-electron chi connectivity index (χ3n) is 30.4. The van der Waals surface area contributed by atoms with E-state index >= 15 is 0 Å². The van der Waals surface area contributed by atoms with Crippen molar-refractivity contribution in [3.8, 4) is 134 Å². The summed E-state index contributed by atoms with van der Waals surface area (Å²) >= 11 is 0. The Morgan fingerprint density at radius 3 is 0.400 bits per heavy atom. The van der Waals surface area contributed by atoms with Crippen molar-refractivity contribution < 1.29 is 0 Å². The molecule has 30 aromatic rings. The smallest absolute Gasteiger partial charge is 0.0541 e. The van der Waals surface area contributed by atoms with Crippen LogP contribution < -0.4 is 0 Å². The van der Waals surface area contributed by atoms with Crippen molar-refractivity contribution in [2.45, 2.75) is 0 Å². The molecule has 0 atom stereocenters. The molecular weight excluding hydrogens is 1810 g/mol. The van der Waals surface area contributed by atoms with Gasteiger partial charge in [0.15, 0.2) is 0 Å². The van der Waals surface area contributed by atoms with E-state index < -0.39 is 0 Å². The van der Waals surface area contributed by atoms with Crippen LogP contribution in [-0.2, 0) is 0 Å². The quantitative estimate of drug-likeness (QED) is 0.0979. The summed E-state index contributed by atoms with van der Waals surface area (Å²) in [6, 6.07) is 211. The summed E-state index contributed by atoms with van der Waals surface area (Å²) in [6.45, 7) is 0. The maximum absolute atomic E-state index is 2.40. The molecule has 0 saturated carbocycles. The fourth-order valence-corrected chi connectivity index (χ4v) is 23.3. The summed E-state index contributed by atoms with van der Waals surface area (Å²) in [6.07, 6.45) is 0. The lowest BCUT2D eigenvalue weighted by Gasteiger charge is -2.11. The molecule has 6 heterocycles. The molecule has 0 aliphatic heterocycles. The highest BCUT2D eigenvalue weighted by atomic mass is 15.0. The van der Waals surface area contributed by atoms with E-state index in [9.17, 15) is 0 Å². The van der Waals surface area contributed by atoms with Crippen molar-refractivity contribution >= 4 is 131 Å². The molecule has 24 aromatic carbocycles. The SMILES string of the molecule is c1ccc(-c2ccc(-n3c4ccccc4c4cc(-c5ccc6c(c5)c5ccccc5n6-c5ccc(-c6ccccc6)cc5)ccc43)cc2)cc1.c1ccc(-c2ccc(-n3c4ccccc4c4cc(-c5ccc6c(c5)c5ccccc5n6-c5cccc(-c6ccccc6)c5)ccc43)cc2)cc1.c1ccc(-c2cccc(-n3c4ccccc4c4cc(-c5ccc6c(c5)c5ccccc5n6-c5cccc(-c6ccccc6)c5)ccc43)c2)cc1. The molecule has 0 unspecified atom stereocenters. The second-order valence-corrected chi connectivity index (χ2v) is 39.0. The van der Waals surface area contributed by atoms with Crippen LogP contribution >= 0.6 is 0 Å². The standard InChI is InChI=1S/3C48H32N2/c1-3-13-33(14-4-1)35-17-11-19-39(29-35)49-45-23-9-7-21-41(45)43-31-37(25-27-47(43)49)38-26-28-48-44(32-38)42-22-8-10-24-46(42)50(48)40-20-12-18-36(30-40)34-15-5-2-6-16-34;1-3-12-33(13-4-1)35-22-26-39(27-23-35)49-45-20-9-7-18-41(45)43-31-37(24-28-47(43)49)38-25-29-48-44(32-38)42-19-8-10-21-46(42)50(48)40-17-11-16-36(30-40)34-14-5-2-6-15-34;1-3-11-33(12-4-1)35-19-25-39(26-20-35)49-45-17-9-7-15-41(45)43-31-37(23-29-47(43)49)38-24-30-48-44(32-38)42-16-8-10-18-46(42)50(48)40-27-21-36(22-28-40)34-13-5-2-6-14-34/h3*1-32H. The Hall–Kier alpha value is -19.9. The summed E-state index contributed by atoms with van der Waals surface area (Å²) in [5, 5.41) is 15.1. The minimum absolute atomic E-state index is 1.16. The highest BCUT2D eigenvalue weighted by Crippen LogP contribution is 2.46. The van der Waals surface area contributed by atoms with E-state index in [1.54, 1.807) is 0 Å². The minimum atomic E-state index is 1.16. The molecule has 0 fully saturated rings. The molecule has 0 saturated heterocycles. The summed E-state index contributed by atoms with van der Waals surface area (Å²) in [5.74, 6) is 0. The number of nitrogens with zero attached hydrogens (tertiary/aromatic N) is 6. The molecule has 6 heteroatoms. The van der Waals surface area contributed by atoms with E-state index in [0.29, 0.717) is 0 Å². The zero-order valence-electron chi connectivity index (χ0n) is 82.1. The Bertz CT molecular complexity index is 10000. The Morgan fingerprint density at radius 2 is 0.207 bits per heavy atom. The molecule has 30 rings (SSSR count). The van der Waals surface area contributed by atoms with Crippen molar-refractivity contribution in [3.05, 3.63) is 582 Å². The summed E-state index contributed by atoms with van der Waals surface area (Å²) in [5.41, 5.74) is 43.4. The number of para-hydroxylation sites is 6. The van der Waals surface area contributed by atoms with Gasteiger partial charge in [0.05, 0.1) is 66.2 Å². The van der Waals surface area contributed by atoms with Gasteiger partial charge in [0, 0.05) is 98.8 Å². The Morgan fingerprint density at radius 1 is 0.0733 bits per heavy atom. The van der Waals surface area contributed by atoms with Gasteiger partial charge in [0.2, 0.25) is 0 Å². The maximum Gasteiger partial charge on any atom is 0.0541 e. The Balaban J connectivity index is 0.000000108. The van der Waals surface area contributed by atoms with Gasteiger partial charge < -0.3 is 27.4 Å². The van der Waals surface area contributed by atoms with Gasteiger partial charge in [0.25, 0.3) is 0 Å². The molecule has 6 aromatic heterocycles. The van der Waals surface area contributed by atoms with E-state index in [1.807, 2.05) is 0 Å². The topological polar surface area (TPSA) is 29.6 Å². The Labute approximate surface area is 868 Å². The van der Waals surface area contributed by atoms with Crippen LogP contribution in [0.3, 0.4) is 0 Å². The van der Waals surface area contributed by atoms with Gasteiger partial charge in [0.1, 0.15) is 0 Å².